The minimum absolute atomic E-state index is 0.00783. The molecule has 126 valence electrons. The monoisotopic (exact) mass is 326 g/mol. The first-order chi connectivity index (χ1) is 11.7. The summed E-state index contributed by atoms with van der Waals surface area (Å²) < 4.78 is 5.63. The maximum atomic E-state index is 12.4. The maximum Gasteiger partial charge on any atom is 0.228 e. The molecule has 4 rings (SSSR count). The highest BCUT2D eigenvalue weighted by molar-refractivity contribution is 5.85. The summed E-state index contributed by atoms with van der Waals surface area (Å²) in [5.74, 6) is 0.222. The number of aromatic nitrogens is 1. The summed E-state index contributed by atoms with van der Waals surface area (Å²) in [5.41, 5.74) is 1.70. The van der Waals surface area contributed by atoms with Crippen molar-refractivity contribution in [1.82, 2.24) is 10.3 Å². The summed E-state index contributed by atoms with van der Waals surface area (Å²) in [6, 6.07) is 10.2. The summed E-state index contributed by atoms with van der Waals surface area (Å²) in [7, 11) is 0. The normalized spacial score (nSPS) is 24.9. The number of nitrogens with one attached hydrogen (secondary N) is 1. The molecule has 2 fully saturated rings. The van der Waals surface area contributed by atoms with Gasteiger partial charge in [-0.25, -0.2) is 0 Å². The van der Waals surface area contributed by atoms with Gasteiger partial charge in [-0.1, -0.05) is 18.2 Å². The summed E-state index contributed by atoms with van der Waals surface area (Å²) in [6.07, 6.45) is 4.25. The zero-order chi connectivity index (χ0) is 16.6. The minimum Gasteiger partial charge on any atom is -0.395 e. The molecule has 0 spiro atoms. The molecule has 1 aliphatic heterocycles. The molecule has 2 aliphatic rings. The van der Waals surface area contributed by atoms with E-state index < -0.39 is 5.41 Å². The third-order valence-corrected chi connectivity index (χ3v) is 5.37. The SMILES string of the molecule is O=C(N[C@H]1COC[C@H]1Cc1ccnc2ccccc12)C1(CO)CC1. The fourth-order valence-corrected chi connectivity index (χ4v) is 3.50. The van der Waals surface area contributed by atoms with Crippen molar-refractivity contribution in [2.24, 2.45) is 11.3 Å². The molecule has 0 radical (unpaired) electrons. The molecule has 24 heavy (non-hydrogen) atoms. The second kappa shape index (κ2) is 6.15. The van der Waals surface area contributed by atoms with Crippen LogP contribution in [0.1, 0.15) is 18.4 Å². The lowest BCUT2D eigenvalue weighted by molar-refractivity contribution is -0.128. The van der Waals surface area contributed by atoms with E-state index in [0.29, 0.717) is 13.2 Å². The van der Waals surface area contributed by atoms with Crippen LogP contribution in [0.5, 0.6) is 0 Å². The van der Waals surface area contributed by atoms with Gasteiger partial charge in [0.1, 0.15) is 0 Å². The van der Waals surface area contributed by atoms with Crippen LogP contribution in [-0.2, 0) is 16.0 Å². The van der Waals surface area contributed by atoms with E-state index in [1.54, 1.807) is 0 Å². The topological polar surface area (TPSA) is 71.5 Å². The Bertz CT molecular complexity index is 752. The van der Waals surface area contributed by atoms with Crippen LogP contribution in [-0.4, -0.2) is 41.9 Å². The van der Waals surface area contributed by atoms with Crippen LogP contribution in [0.2, 0.25) is 0 Å². The van der Waals surface area contributed by atoms with Gasteiger partial charge in [-0.15, -0.1) is 0 Å². The van der Waals surface area contributed by atoms with Gasteiger partial charge in [0.05, 0.1) is 36.8 Å². The number of rotatable bonds is 5. The standard InChI is InChI=1S/C19H22N2O3/c22-12-19(6-7-19)18(23)21-17-11-24-10-14(17)9-13-5-8-20-16-4-2-1-3-15(13)16/h1-5,8,14,17,22H,6-7,9-12H2,(H,21,23)/t14-,17+/m1/s1. The smallest absolute Gasteiger partial charge is 0.228 e. The zero-order valence-electron chi connectivity index (χ0n) is 13.6. The van der Waals surface area contributed by atoms with E-state index in [9.17, 15) is 9.90 Å². The van der Waals surface area contributed by atoms with E-state index in [1.165, 1.54) is 5.56 Å². The molecule has 0 unspecified atom stereocenters. The number of pyridine rings is 1. The number of carbonyl (C=O) groups excluding carboxylic acids is 1. The number of para-hydroxylation sites is 1. The average molecular weight is 326 g/mol. The van der Waals surface area contributed by atoms with Crippen LogP contribution < -0.4 is 5.32 Å². The summed E-state index contributed by atoms with van der Waals surface area (Å²) >= 11 is 0. The highest BCUT2D eigenvalue weighted by Crippen LogP contribution is 2.45. The Morgan fingerprint density at radius 2 is 2.12 bits per heavy atom. The van der Waals surface area contributed by atoms with E-state index in [0.717, 1.165) is 30.2 Å². The number of benzene rings is 1. The number of nitrogens with zero attached hydrogens (tertiary/aromatic N) is 1. The van der Waals surface area contributed by atoms with Gasteiger partial charge in [-0.05, 0) is 37.0 Å². The molecular weight excluding hydrogens is 304 g/mol. The number of hydrogen-bond acceptors (Lipinski definition) is 4. The zero-order valence-corrected chi connectivity index (χ0v) is 13.6. The fraction of sp³-hybridized carbons (Fsp3) is 0.474. The predicted molar refractivity (Wildman–Crippen MR) is 90.4 cm³/mol. The highest BCUT2D eigenvalue weighted by Gasteiger charge is 2.50. The van der Waals surface area contributed by atoms with Crippen LogP contribution in [0.15, 0.2) is 36.5 Å². The summed E-state index contributed by atoms with van der Waals surface area (Å²) in [6.45, 7) is 1.13. The second-order valence-corrected chi connectivity index (χ2v) is 7.01. The molecule has 1 saturated carbocycles. The summed E-state index contributed by atoms with van der Waals surface area (Å²) in [5, 5.41) is 13.7. The Labute approximate surface area is 141 Å². The molecule has 2 aromatic rings. The van der Waals surface area contributed by atoms with Gasteiger partial charge in [-0.2, -0.15) is 0 Å². The van der Waals surface area contributed by atoms with Crippen LogP contribution in [0.4, 0.5) is 0 Å². The van der Waals surface area contributed by atoms with Crippen molar-refractivity contribution in [3.63, 3.8) is 0 Å². The van der Waals surface area contributed by atoms with Crippen LogP contribution in [0.3, 0.4) is 0 Å². The number of aliphatic hydroxyl groups excluding tert-OH is 1. The molecule has 1 aliphatic carbocycles. The molecule has 1 saturated heterocycles. The molecule has 1 amide bonds. The third kappa shape index (κ3) is 2.78. The van der Waals surface area contributed by atoms with Gasteiger partial charge in [0.25, 0.3) is 0 Å². The Kier molecular flexibility index (Phi) is 3.98. The molecule has 0 bridgehead atoms. The van der Waals surface area contributed by atoms with Gasteiger partial charge in [0, 0.05) is 17.5 Å². The van der Waals surface area contributed by atoms with E-state index >= 15 is 0 Å². The molecule has 5 nitrogen and oxygen atoms in total. The maximum absolute atomic E-state index is 12.4. The van der Waals surface area contributed by atoms with Crippen molar-refractivity contribution in [1.29, 1.82) is 0 Å². The number of ether oxygens (including phenoxy) is 1. The lowest BCUT2D eigenvalue weighted by Crippen LogP contribution is -2.45. The van der Waals surface area contributed by atoms with Gasteiger partial charge < -0.3 is 15.2 Å². The Morgan fingerprint density at radius 1 is 1.29 bits per heavy atom. The van der Waals surface area contributed by atoms with Gasteiger partial charge >= 0.3 is 0 Å². The predicted octanol–water partition coefficient (Wildman–Crippen LogP) is 1.68. The third-order valence-electron chi connectivity index (χ3n) is 5.37. The van der Waals surface area contributed by atoms with Crippen LogP contribution in [0.25, 0.3) is 10.9 Å². The number of fused-ring (bicyclic) bond motifs is 1. The van der Waals surface area contributed by atoms with Crippen molar-refractivity contribution in [3.8, 4) is 0 Å². The number of amides is 1. The second-order valence-electron chi connectivity index (χ2n) is 7.01. The Balaban J connectivity index is 1.50. The van der Waals surface area contributed by atoms with Crippen molar-refractivity contribution < 1.29 is 14.6 Å². The van der Waals surface area contributed by atoms with Crippen LogP contribution in [0, 0.1) is 11.3 Å². The van der Waals surface area contributed by atoms with Crippen molar-refractivity contribution in [2.45, 2.75) is 25.3 Å². The number of hydrogen-bond donors (Lipinski definition) is 2. The molecule has 1 aromatic heterocycles. The molecule has 5 heteroatoms. The van der Waals surface area contributed by atoms with Crippen molar-refractivity contribution in [3.05, 3.63) is 42.1 Å². The Hall–Kier alpha value is -1.98. The van der Waals surface area contributed by atoms with Gasteiger partial charge in [0.2, 0.25) is 5.91 Å². The van der Waals surface area contributed by atoms with E-state index in [2.05, 4.69) is 22.4 Å². The minimum atomic E-state index is -0.531. The van der Waals surface area contributed by atoms with Gasteiger partial charge in [-0.3, -0.25) is 9.78 Å². The highest BCUT2D eigenvalue weighted by atomic mass is 16.5. The van der Waals surface area contributed by atoms with E-state index in [4.69, 9.17) is 4.74 Å². The molecule has 2 heterocycles. The number of aliphatic hydroxyl groups is 1. The van der Waals surface area contributed by atoms with Crippen molar-refractivity contribution >= 4 is 16.8 Å². The fourth-order valence-electron chi connectivity index (χ4n) is 3.50. The number of carbonyl (C=O) groups is 1. The molecule has 1 aromatic carbocycles. The van der Waals surface area contributed by atoms with Gasteiger partial charge in [0.15, 0.2) is 0 Å². The largest absolute Gasteiger partial charge is 0.395 e. The van der Waals surface area contributed by atoms with E-state index in [-0.39, 0.29) is 24.5 Å². The Morgan fingerprint density at radius 3 is 2.92 bits per heavy atom. The lowest BCUT2D eigenvalue weighted by Gasteiger charge is -2.22. The first kappa shape index (κ1) is 15.5. The first-order valence-corrected chi connectivity index (χ1v) is 8.54. The van der Waals surface area contributed by atoms with E-state index in [1.807, 2.05) is 24.4 Å². The summed E-state index contributed by atoms with van der Waals surface area (Å²) in [4.78, 5) is 16.8. The molecule has 2 atom stereocenters. The quantitative estimate of drug-likeness (QED) is 0.877. The molecular formula is C19H22N2O3. The molecule has 2 N–H and O–H groups in total. The average Bonchev–Trinajstić information content (AvgIpc) is 3.31. The first-order valence-electron chi connectivity index (χ1n) is 8.54. The van der Waals surface area contributed by atoms with Crippen molar-refractivity contribution in [2.75, 3.05) is 19.8 Å². The van der Waals surface area contributed by atoms with Crippen LogP contribution >= 0.6 is 0 Å². The lowest BCUT2D eigenvalue weighted by atomic mass is 9.92.